The van der Waals surface area contributed by atoms with Gasteiger partial charge in [-0.15, -0.1) is 6.58 Å². The Kier molecular flexibility index (Phi) is 8.53. The van der Waals surface area contributed by atoms with E-state index in [1.165, 1.54) is 12.2 Å². The Hall–Kier alpha value is -3.34. The predicted octanol–water partition coefficient (Wildman–Crippen LogP) is 1.98. The van der Waals surface area contributed by atoms with Crippen molar-refractivity contribution in [3.63, 3.8) is 0 Å². The second-order valence-corrected chi connectivity index (χ2v) is 5.77. The lowest BCUT2D eigenvalue weighted by atomic mass is 10.1. The van der Waals surface area contributed by atoms with Crippen LogP contribution in [0.15, 0.2) is 24.3 Å². The van der Waals surface area contributed by atoms with Gasteiger partial charge in [-0.1, -0.05) is 13.0 Å². The molecule has 2 N–H and O–H groups in total. The third-order valence-corrected chi connectivity index (χ3v) is 3.69. The number of nitrogens with one attached hydrogen (secondary N) is 2. The highest BCUT2D eigenvalue weighted by atomic mass is 16.5. The predicted molar refractivity (Wildman–Crippen MR) is 100 cm³/mol. The van der Waals surface area contributed by atoms with Gasteiger partial charge in [-0.2, -0.15) is 5.26 Å². The number of hydrogen-bond donors (Lipinski definition) is 2. The summed E-state index contributed by atoms with van der Waals surface area (Å²) in [4.78, 5) is 35.0. The Labute approximate surface area is 158 Å². The fourth-order valence-corrected chi connectivity index (χ4v) is 2.41. The Balaban J connectivity index is 2.75. The molecule has 1 aromatic rings. The van der Waals surface area contributed by atoms with E-state index >= 15 is 0 Å². The Morgan fingerprint density at radius 3 is 2.67 bits per heavy atom. The Morgan fingerprint density at radius 2 is 2.07 bits per heavy atom. The fraction of sp³-hybridized carbons (Fsp3) is 0.368. The van der Waals surface area contributed by atoms with Crippen molar-refractivity contribution < 1.29 is 19.1 Å². The summed E-state index contributed by atoms with van der Waals surface area (Å²) in [5.41, 5.74) is 2.47. The number of hydrogen-bond acceptors (Lipinski definition) is 5. The van der Waals surface area contributed by atoms with Crippen LogP contribution in [0, 0.1) is 25.2 Å². The number of imide groups is 1. The molecule has 0 aromatic carbocycles. The molecule has 0 saturated carbocycles. The SMILES string of the molecule is C=CCNC(=O)NC(=O)COC(=O)/C(C#N)=C/c1cc(C)n(CCC)c1C. The smallest absolute Gasteiger partial charge is 0.349 e. The minimum atomic E-state index is -0.931. The van der Waals surface area contributed by atoms with E-state index in [1.807, 2.05) is 25.2 Å². The molecule has 0 bridgehead atoms. The van der Waals surface area contributed by atoms with Crippen LogP contribution in [0.2, 0.25) is 0 Å². The van der Waals surface area contributed by atoms with Crippen molar-refractivity contribution in [3.05, 3.63) is 41.2 Å². The minimum Gasteiger partial charge on any atom is -0.451 e. The molecular formula is C19H24N4O4. The van der Waals surface area contributed by atoms with Crippen molar-refractivity contribution in [2.24, 2.45) is 0 Å². The third kappa shape index (κ3) is 6.47. The molecule has 1 rings (SSSR count). The summed E-state index contributed by atoms with van der Waals surface area (Å²) in [6, 6.07) is 2.94. The maximum atomic E-state index is 12.1. The molecule has 0 atom stereocenters. The van der Waals surface area contributed by atoms with E-state index < -0.39 is 24.5 Å². The number of aromatic nitrogens is 1. The molecule has 0 aliphatic rings. The topological polar surface area (TPSA) is 113 Å². The second-order valence-electron chi connectivity index (χ2n) is 5.77. The van der Waals surface area contributed by atoms with E-state index in [4.69, 9.17) is 4.74 Å². The van der Waals surface area contributed by atoms with E-state index in [9.17, 15) is 19.6 Å². The summed E-state index contributed by atoms with van der Waals surface area (Å²) in [6.07, 6.45) is 3.85. The maximum Gasteiger partial charge on any atom is 0.349 e. The summed E-state index contributed by atoms with van der Waals surface area (Å²) in [5, 5.41) is 13.6. The average molecular weight is 372 g/mol. The number of aryl methyl sites for hydroxylation is 1. The molecule has 0 spiro atoms. The monoisotopic (exact) mass is 372 g/mol. The Bertz CT molecular complexity index is 799. The normalized spacial score (nSPS) is 10.7. The zero-order valence-corrected chi connectivity index (χ0v) is 15.8. The zero-order chi connectivity index (χ0) is 20.4. The number of carbonyl (C=O) groups excluding carboxylic acids is 3. The quantitative estimate of drug-likeness (QED) is 0.313. The first-order chi connectivity index (χ1) is 12.8. The number of esters is 1. The van der Waals surface area contributed by atoms with Crippen LogP contribution in [0.3, 0.4) is 0 Å². The van der Waals surface area contributed by atoms with Crippen LogP contribution in [-0.4, -0.2) is 35.6 Å². The van der Waals surface area contributed by atoms with Gasteiger partial charge < -0.3 is 14.6 Å². The standard InChI is InChI=1S/C19H24N4O4/c1-5-7-21-19(26)22-17(24)12-27-18(25)16(11-20)10-15-9-13(3)23(8-6-2)14(15)4/h5,9-10H,1,6-8,12H2,2-4H3,(H2,21,22,24,26)/b16-10+. The summed E-state index contributed by atoms with van der Waals surface area (Å²) in [5.74, 6) is -1.73. The van der Waals surface area contributed by atoms with Crippen LogP contribution < -0.4 is 10.6 Å². The van der Waals surface area contributed by atoms with Gasteiger partial charge >= 0.3 is 12.0 Å². The van der Waals surface area contributed by atoms with Gasteiger partial charge in [-0.05, 0) is 38.0 Å². The molecule has 0 aliphatic carbocycles. The molecular weight excluding hydrogens is 348 g/mol. The number of nitriles is 1. The van der Waals surface area contributed by atoms with Crippen LogP contribution in [0.25, 0.3) is 6.08 Å². The van der Waals surface area contributed by atoms with Gasteiger partial charge in [0.25, 0.3) is 5.91 Å². The highest BCUT2D eigenvalue weighted by Crippen LogP contribution is 2.19. The van der Waals surface area contributed by atoms with Crippen LogP contribution in [0.1, 0.15) is 30.3 Å². The van der Waals surface area contributed by atoms with Gasteiger partial charge in [0.1, 0.15) is 11.6 Å². The van der Waals surface area contributed by atoms with Crippen LogP contribution in [0.5, 0.6) is 0 Å². The van der Waals surface area contributed by atoms with E-state index in [2.05, 4.69) is 23.4 Å². The first-order valence-electron chi connectivity index (χ1n) is 8.48. The lowest BCUT2D eigenvalue weighted by Gasteiger charge is -2.07. The molecule has 0 saturated heterocycles. The van der Waals surface area contributed by atoms with Crippen LogP contribution in [0.4, 0.5) is 4.79 Å². The highest BCUT2D eigenvalue weighted by molar-refractivity contribution is 6.00. The molecule has 0 radical (unpaired) electrons. The molecule has 1 aromatic heterocycles. The molecule has 27 heavy (non-hydrogen) atoms. The number of amides is 3. The molecule has 0 aliphatic heterocycles. The van der Waals surface area contributed by atoms with Crippen molar-refractivity contribution in [3.8, 4) is 6.07 Å². The van der Waals surface area contributed by atoms with Crippen molar-refractivity contribution in [1.29, 1.82) is 5.26 Å². The number of ether oxygens (including phenoxy) is 1. The molecule has 0 fully saturated rings. The van der Waals surface area contributed by atoms with Crippen molar-refractivity contribution in [2.45, 2.75) is 33.7 Å². The maximum absolute atomic E-state index is 12.1. The molecule has 1 heterocycles. The number of rotatable bonds is 8. The number of nitrogens with zero attached hydrogens (tertiary/aromatic N) is 2. The summed E-state index contributed by atoms with van der Waals surface area (Å²) >= 11 is 0. The molecule has 0 unspecified atom stereocenters. The van der Waals surface area contributed by atoms with E-state index in [-0.39, 0.29) is 12.1 Å². The van der Waals surface area contributed by atoms with E-state index in [0.717, 1.165) is 29.9 Å². The van der Waals surface area contributed by atoms with Gasteiger partial charge in [0, 0.05) is 24.5 Å². The molecule has 8 nitrogen and oxygen atoms in total. The van der Waals surface area contributed by atoms with Crippen LogP contribution in [-0.2, 0) is 20.9 Å². The van der Waals surface area contributed by atoms with Gasteiger partial charge in [-0.25, -0.2) is 9.59 Å². The highest BCUT2D eigenvalue weighted by Gasteiger charge is 2.16. The lowest BCUT2D eigenvalue weighted by molar-refractivity contribution is -0.144. The minimum absolute atomic E-state index is 0.191. The molecule has 144 valence electrons. The molecule has 3 amide bonds. The average Bonchev–Trinajstić information content (AvgIpc) is 2.90. The number of carbonyl (C=O) groups is 3. The van der Waals surface area contributed by atoms with Crippen molar-refractivity contribution >= 4 is 24.0 Å². The Morgan fingerprint density at radius 1 is 1.37 bits per heavy atom. The second kappa shape index (κ2) is 10.6. The summed E-state index contributed by atoms with van der Waals surface area (Å²) in [6.45, 7) is 9.70. The van der Waals surface area contributed by atoms with E-state index in [1.54, 1.807) is 6.07 Å². The van der Waals surface area contributed by atoms with Gasteiger partial charge in [0.15, 0.2) is 6.61 Å². The fourth-order valence-electron chi connectivity index (χ4n) is 2.41. The molecule has 8 heteroatoms. The first kappa shape index (κ1) is 21.7. The van der Waals surface area contributed by atoms with Crippen LogP contribution >= 0.6 is 0 Å². The van der Waals surface area contributed by atoms with Gasteiger partial charge in [0.05, 0.1) is 0 Å². The number of urea groups is 1. The third-order valence-electron chi connectivity index (χ3n) is 3.69. The first-order valence-corrected chi connectivity index (χ1v) is 8.48. The van der Waals surface area contributed by atoms with E-state index in [0.29, 0.717) is 0 Å². The summed E-state index contributed by atoms with van der Waals surface area (Å²) in [7, 11) is 0. The lowest BCUT2D eigenvalue weighted by Crippen LogP contribution is -2.41. The van der Waals surface area contributed by atoms with Gasteiger partial charge in [-0.3, -0.25) is 10.1 Å². The van der Waals surface area contributed by atoms with Gasteiger partial charge in [0.2, 0.25) is 0 Å². The largest absolute Gasteiger partial charge is 0.451 e. The zero-order valence-electron chi connectivity index (χ0n) is 15.8. The van der Waals surface area contributed by atoms with Crippen molar-refractivity contribution in [1.82, 2.24) is 15.2 Å². The summed E-state index contributed by atoms with van der Waals surface area (Å²) < 4.78 is 6.91. The van der Waals surface area contributed by atoms with Crippen molar-refractivity contribution in [2.75, 3.05) is 13.2 Å².